The number of ether oxygens (including phenoxy) is 1. The van der Waals surface area contributed by atoms with E-state index in [1.165, 1.54) is 18.4 Å². The predicted molar refractivity (Wildman–Crippen MR) is 131 cm³/mol. The molecule has 0 aliphatic heterocycles. The summed E-state index contributed by atoms with van der Waals surface area (Å²) in [7, 11) is -1.22. The largest absolute Gasteiger partial charge is 0.396 e. The molecule has 0 amide bonds. The van der Waals surface area contributed by atoms with Crippen LogP contribution >= 0.6 is 0 Å². The zero-order valence-corrected chi connectivity index (χ0v) is 19.8. The first kappa shape index (κ1) is 24.7. The van der Waals surface area contributed by atoms with E-state index >= 15 is 0 Å². The van der Waals surface area contributed by atoms with Crippen LogP contribution in [0.3, 0.4) is 0 Å². The van der Waals surface area contributed by atoms with Gasteiger partial charge in [-0.1, -0.05) is 54.6 Å². The number of carbonyl (C=O) groups is 1. The van der Waals surface area contributed by atoms with Gasteiger partial charge < -0.3 is 15.5 Å². The lowest BCUT2D eigenvalue weighted by Gasteiger charge is -2.08. The van der Waals surface area contributed by atoms with E-state index in [0.717, 1.165) is 16.7 Å². The summed E-state index contributed by atoms with van der Waals surface area (Å²) in [5.74, 6) is -1.72. The number of aromatic amines is 1. The molecule has 1 unspecified atom stereocenters. The topological polar surface area (TPSA) is 94.4 Å². The Morgan fingerprint density at radius 2 is 1.77 bits per heavy atom. The molecule has 1 atom stereocenters. The minimum atomic E-state index is -1.22. The third-order valence-corrected chi connectivity index (χ3v) is 6.40. The van der Waals surface area contributed by atoms with Crippen molar-refractivity contribution in [1.82, 2.24) is 4.98 Å². The van der Waals surface area contributed by atoms with Crippen LogP contribution in [-0.4, -0.2) is 21.4 Å². The number of benzene rings is 3. The number of rotatable bonds is 9. The number of aromatic nitrogens is 1. The molecule has 0 bridgehead atoms. The Bertz CT molecular complexity index is 1390. The van der Waals surface area contributed by atoms with E-state index in [9.17, 15) is 17.9 Å². The van der Waals surface area contributed by atoms with E-state index in [4.69, 9.17) is 10.5 Å². The summed E-state index contributed by atoms with van der Waals surface area (Å²) in [6.45, 7) is 1.04. The molecule has 0 aliphatic carbocycles. The second-order valence-electron chi connectivity index (χ2n) is 8.12. The minimum Gasteiger partial charge on any atom is -0.372 e. The smallest absolute Gasteiger partial charge is 0.372 e. The summed E-state index contributed by atoms with van der Waals surface area (Å²) in [6, 6.07) is 17.5. The molecule has 1 heterocycles. The highest BCUT2D eigenvalue weighted by Gasteiger charge is 2.23. The Labute approximate surface area is 203 Å². The number of hydrogen-bond acceptors (Lipinski definition) is 5. The van der Waals surface area contributed by atoms with Crippen LogP contribution in [0.2, 0.25) is 0 Å². The van der Waals surface area contributed by atoms with Crippen LogP contribution in [-0.2, 0) is 46.0 Å². The molecule has 3 N–H and O–H groups in total. The minimum absolute atomic E-state index is 0.0653. The van der Waals surface area contributed by atoms with Crippen LogP contribution in [0.15, 0.2) is 60.7 Å². The number of fused-ring (bicyclic) bond motifs is 1. The average Bonchev–Trinajstić information content (AvgIpc) is 3.25. The average molecular weight is 499 g/mol. The van der Waals surface area contributed by atoms with E-state index in [-0.39, 0.29) is 23.6 Å². The van der Waals surface area contributed by atoms with Gasteiger partial charge in [0, 0.05) is 50.2 Å². The molecule has 1 aromatic heterocycles. The number of nitrogens with one attached hydrogen (secondary N) is 1. The van der Waals surface area contributed by atoms with Crippen molar-refractivity contribution in [2.75, 3.05) is 6.26 Å². The van der Waals surface area contributed by atoms with Crippen molar-refractivity contribution < 1.29 is 27.6 Å². The molecule has 0 saturated heterocycles. The molecule has 3 aromatic carbocycles. The Morgan fingerprint density at radius 1 is 1.03 bits per heavy atom. The van der Waals surface area contributed by atoms with E-state index in [1.807, 2.05) is 30.3 Å². The molecule has 4 aromatic rings. The first-order valence-electron chi connectivity index (χ1n) is 10.8. The van der Waals surface area contributed by atoms with Gasteiger partial charge in [0.1, 0.15) is 11.5 Å². The number of halogens is 2. The van der Waals surface area contributed by atoms with Crippen LogP contribution in [0.25, 0.3) is 22.0 Å². The first-order chi connectivity index (χ1) is 16.9. The molecule has 0 radical (unpaired) electrons. The van der Waals surface area contributed by atoms with Gasteiger partial charge in [-0.15, -0.1) is 0 Å². The van der Waals surface area contributed by atoms with E-state index < -0.39 is 22.6 Å². The van der Waals surface area contributed by atoms with Crippen molar-refractivity contribution in [3.05, 3.63) is 94.4 Å². The highest BCUT2D eigenvalue weighted by molar-refractivity contribution is 7.83. The van der Waals surface area contributed by atoms with Crippen LogP contribution in [0.1, 0.15) is 32.7 Å². The lowest BCUT2D eigenvalue weighted by molar-refractivity contribution is -0.0791. The Balaban J connectivity index is 1.67. The quantitative estimate of drug-likeness (QED) is 0.336. The Morgan fingerprint density at radius 3 is 2.43 bits per heavy atom. The summed E-state index contributed by atoms with van der Waals surface area (Å²) in [5.41, 5.74) is 9.74. The molecule has 9 heteroatoms. The lowest BCUT2D eigenvalue weighted by atomic mass is 9.99. The second kappa shape index (κ2) is 10.9. The van der Waals surface area contributed by atoms with Crippen molar-refractivity contribution >= 4 is 27.7 Å². The fourth-order valence-electron chi connectivity index (χ4n) is 3.98. The van der Waals surface area contributed by atoms with Gasteiger partial charge in [-0.2, -0.15) is 0 Å². The highest BCUT2D eigenvalue weighted by Crippen LogP contribution is 2.35. The summed E-state index contributed by atoms with van der Waals surface area (Å²) in [6.07, 6.45) is 1.49. The van der Waals surface area contributed by atoms with E-state index in [2.05, 4.69) is 9.93 Å². The summed E-state index contributed by atoms with van der Waals surface area (Å²) >= 11 is 0. The molecule has 0 aliphatic rings. The predicted octanol–water partition coefficient (Wildman–Crippen LogP) is 5.07. The highest BCUT2D eigenvalue weighted by atomic mass is 32.2. The van der Waals surface area contributed by atoms with Gasteiger partial charge in [0.05, 0.1) is 24.5 Å². The third-order valence-electron chi connectivity index (χ3n) is 5.68. The summed E-state index contributed by atoms with van der Waals surface area (Å²) < 4.78 is 45.0. The van der Waals surface area contributed by atoms with Gasteiger partial charge in [-0.25, -0.2) is 14.1 Å². The van der Waals surface area contributed by atoms with Gasteiger partial charge in [-0.3, -0.25) is 4.21 Å². The van der Waals surface area contributed by atoms with Crippen LogP contribution in [0, 0.1) is 5.82 Å². The van der Waals surface area contributed by atoms with Crippen LogP contribution in [0.5, 0.6) is 0 Å². The van der Waals surface area contributed by atoms with Crippen molar-refractivity contribution in [1.29, 1.82) is 0 Å². The molecule has 0 spiro atoms. The van der Waals surface area contributed by atoms with Crippen molar-refractivity contribution in [3.63, 3.8) is 0 Å². The van der Waals surface area contributed by atoms with E-state index in [1.54, 1.807) is 18.2 Å². The fourth-order valence-corrected chi connectivity index (χ4v) is 4.65. The number of H-pyrrole nitrogens is 1. The third kappa shape index (κ3) is 5.48. The van der Waals surface area contributed by atoms with Crippen molar-refractivity contribution in [3.8, 4) is 11.1 Å². The zero-order chi connectivity index (χ0) is 24.9. The first-order valence-corrected chi connectivity index (χ1v) is 12.5. The SMILES string of the molecule is CS(=O)Cc1ccc(-c2c(C(=O)OF)[nH]c3c(COCc4ccc(CN)cc4)cccc23)cc1F. The fraction of sp³-hybridized carbons (Fsp3) is 0.192. The van der Waals surface area contributed by atoms with Gasteiger partial charge >= 0.3 is 5.97 Å². The number of hydrogen-bond donors (Lipinski definition) is 2. The lowest BCUT2D eigenvalue weighted by Crippen LogP contribution is -2.02. The van der Waals surface area contributed by atoms with Gasteiger partial charge in [0.25, 0.3) is 0 Å². The summed E-state index contributed by atoms with van der Waals surface area (Å²) in [4.78, 5) is 18.7. The van der Waals surface area contributed by atoms with Gasteiger partial charge in [-0.05, 0) is 22.8 Å². The van der Waals surface area contributed by atoms with Crippen molar-refractivity contribution in [2.24, 2.45) is 5.73 Å². The van der Waals surface area contributed by atoms with Crippen LogP contribution < -0.4 is 5.73 Å². The molecule has 6 nitrogen and oxygen atoms in total. The Hall–Kier alpha value is -3.40. The number of para-hydroxylation sites is 1. The second-order valence-corrected chi connectivity index (χ2v) is 9.55. The molecular weight excluding hydrogens is 474 g/mol. The summed E-state index contributed by atoms with van der Waals surface area (Å²) in [5, 5.41) is 0.588. The molecule has 0 fully saturated rings. The van der Waals surface area contributed by atoms with Gasteiger partial charge in [0.15, 0.2) is 0 Å². The molecule has 35 heavy (non-hydrogen) atoms. The van der Waals surface area contributed by atoms with E-state index in [0.29, 0.717) is 35.2 Å². The molecule has 4 rings (SSSR count). The number of carbonyl (C=O) groups excluding carboxylic acids is 1. The normalized spacial score (nSPS) is 12.1. The Kier molecular flexibility index (Phi) is 7.70. The zero-order valence-electron chi connectivity index (χ0n) is 19.0. The maximum atomic E-state index is 14.7. The van der Waals surface area contributed by atoms with Crippen LogP contribution in [0.4, 0.5) is 8.92 Å². The maximum Gasteiger partial charge on any atom is 0.396 e. The monoisotopic (exact) mass is 498 g/mol. The van der Waals surface area contributed by atoms with Crippen molar-refractivity contribution in [2.45, 2.75) is 25.5 Å². The molecule has 182 valence electrons. The molecule has 0 saturated carbocycles. The maximum absolute atomic E-state index is 14.7. The number of nitrogens with two attached hydrogens (primary N) is 1. The van der Waals surface area contributed by atoms with Gasteiger partial charge in [0.2, 0.25) is 0 Å². The molecular formula is C26H24F2N2O4S. The standard InChI is InChI=1S/C26H24F2N2O4S/c1-35(32)15-20-10-9-18(11-22(20)27)23-21-4-2-3-19(24(21)30-25(23)26(31)34-28)14-33-13-17-7-5-16(12-29)6-8-17/h2-11,30H,12-15,29H2,1H3.